The summed E-state index contributed by atoms with van der Waals surface area (Å²) in [5, 5.41) is 11.4. The maximum atomic E-state index is 9.14. The first-order chi connectivity index (χ1) is 10.2. The van der Waals surface area contributed by atoms with Gasteiger partial charge in [-0.15, -0.1) is 0 Å². The van der Waals surface area contributed by atoms with Crippen molar-refractivity contribution in [2.45, 2.75) is 0 Å². The van der Waals surface area contributed by atoms with Gasteiger partial charge in [-0.2, -0.15) is 5.26 Å². The minimum Gasteiger partial charge on any atom is -0.456 e. The van der Waals surface area contributed by atoms with Crippen LogP contribution in [0.15, 0.2) is 63.5 Å². The summed E-state index contributed by atoms with van der Waals surface area (Å²) in [7, 11) is 0. The molecule has 0 atom stereocenters. The molecular weight excluding hydrogens is 394 g/mol. The fraction of sp³-hybridized carbons (Fsp3) is 0. The first-order valence-corrected chi connectivity index (χ1v) is 7.81. The predicted octanol–water partition coefficient (Wildman–Crippen LogP) is 6.03. The van der Waals surface area contributed by atoms with Gasteiger partial charge in [0.15, 0.2) is 0 Å². The minimum absolute atomic E-state index is 0.508. The second-order valence-corrected chi connectivity index (χ2v) is 6.34. The van der Waals surface area contributed by atoms with Crippen LogP contribution < -0.4 is 4.74 Å². The van der Waals surface area contributed by atoms with E-state index in [2.05, 4.69) is 44.0 Å². The van der Waals surface area contributed by atoms with Crippen LogP contribution in [-0.4, -0.2) is 0 Å². The zero-order valence-corrected chi connectivity index (χ0v) is 14.0. The van der Waals surface area contributed by atoms with Gasteiger partial charge < -0.3 is 4.74 Å². The van der Waals surface area contributed by atoms with Gasteiger partial charge in [0.05, 0.1) is 5.56 Å². The van der Waals surface area contributed by atoms with Crippen LogP contribution in [0.4, 0.5) is 0 Å². The van der Waals surface area contributed by atoms with Crippen molar-refractivity contribution in [1.29, 1.82) is 5.26 Å². The highest BCUT2D eigenvalue weighted by atomic mass is 79.9. The SMILES string of the molecule is N#Cc1ccc(Br)cc1Oc1ccc2cc(Br)ccc2c1. The van der Waals surface area contributed by atoms with Crippen LogP contribution in [0, 0.1) is 11.3 Å². The van der Waals surface area contributed by atoms with Gasteiger partial charge in [-0.05, 0) is 53.2 Å². The summed E-state index contributed by atoms with van der Waals surface area (Å²) in [6, 6.07) is 19.4. The van der Waals surface area contributed by atoms with Crippen LogP contribution in [-0.2, 0) is 0 Å². The third-order valence-electron chi connectivity index (χ3n) is 3.07. The molecule has 3 rings (SSSR count). The Morgan fingerprint density at radius 1 is 0.810 bits per heavy atom. The van der Waals surface area contributed by atoms with Gasteiger partial charge in [-0.1, -0.05) is 44.0 Å². The molecule has 0 aliphatic carbocycles. The van der Waals surface area contributed by atoms with Crippen LogP contribution in [0.5, 0.6) is 11.5 Å². The number of rotatable bonds is 2. The molecule has 0 radical (unpaired) electrons. The van der Waals surface area contributed by atoms with Crippen molar-refractivity contribution in [3.05, 3.63) is 69.1 Å². The van der Waals surface area contributed by atoms with Crippen molar-refractivity contribution in [3.63, 3.8) is 0 Å². The van der Waals surface area contributed by atoms with Crippen LogP contribution in [0.2, 0.25) is 0 Å². The fourth-order valence-electron chi connectivity index (χ4n) is 2.06. The molecule has 0 aliphatic heterocycles. The molecule has 2 nitrogen and oxygen atoms in total. The van der Waals surface area contributed by atoms with Gasteiger partial charge in [0.1, 0.15) is 17.6 Å². The molecule has 0 aromatic heterocycles. The average Bonchev–Trinajstić information content (AvgIpc) is 2.48. The molecule has 0 bridgehead atoms. The van der Waals surface area contributed by atoms with Gasteiger partial charge in [-0.25, -0.2) is 0 Å². The van der Waals surface area contributed by atoms with Crippen molar-refractivity contribution in [3.8, 4) is 17.6 Å². The Labute approximate surface area is 139 Å². The van der Waals surface area contributed by atoms with Gasteiger partial charge in [-0.3, -0.25) is 0 Å². The Hall–Kier alpha value is -1.83. The second-order valence-electron chi connectivity index (χ2n) is 4.51. The van der Waals surface area contributed by atoms with Crippen LogP contribution in [0.1, 0.15) is 5.56 Å². The molecule has 3 aromatic carbocycles. The molecule has 0 saturated carbocycles. The van der Waals surface area contributed by atoms with E-state index in [0.29, 0.717) is 17.1 Å². The summed E-state index contributed by atoms with van der Waals surface area (Å²) in [6.07, 6.45) is 0. The van der Waals surface area contributed by atoms with E-state index >= 15 is 0 Å². The molecule has 0 saturated heterocycles. The van der Waals surface area contributed by atoms with E-state index < -0.39 is 0 Å². The van der Waals surface area contributed by atoms with Gasteiger partial charge in [0.2, 0.25) is 0 Å². The van der Waals surface area contributed by atoms with Crippen LogP contribution in [0.3, 0.4) is 0 Å². The molecule has 3 aromatic rings. The lowest BCUT2D eigenvalue weighted by Gasteiger charge is -2.09. The lowest BCUT2D eigenvalue weighted by molar-refractivity contribution is 0.481. The summed E-state index contributed by atoms with van der Waals surface area (Å²) < 4.78 is 7.78. The number of nitrogens with zero attached hydrogens (tertiary/aromatic N) is 1. The van der Waals surface area contributed by atoms with Crippen molar-refractivity contribution in [1.82, 2.24) is 0 Å². The van der Waals surface area contributed by atoms with E-state index in [0.717, 1.165) is 19.7 Å². The summed E-state index contributed by atoms with van der Waals surface area (Å²) >= 11 is 6.85. The smallest absolute Gasteiger partial charge is 0.146 e. The monoisotopic (exact) mass is 401 g/mol. The Balaban J connectivity index is 2.00. The molecule has 0 heterocycles. The van der Waals surface area contributed by atoms with Gasteiger partial charge in [0.25, 0.3) is 0 Å². The minimum atomic E-state index is 0.508. The molecule has 102 valence electrons. The van der Waals surface area contributed by atoms with E-state index in [1.54, 1.807) is 12.1 Å². The lowest BCUT2D eigenvalue weighted by Crippen LogP contribution is -1.88. The number of ether oxygens (including phenoxy) is 1. The Bertz CT molecular complexity index is 868. The van der Waals surface area contributed by atoms with Crippen molar-refractivity contribution in [2.24, 2.45) is 0 Å². The quantitative estimate of drug-likeness (QED) is 0.524. The first kappa shape index (κ1) is 14.1. The molecule has 0 fully saturated rings. The highest BCUT2D eigenvalue weighted by molar-refractivity contribution is 9.10. The summed E-state index contributed by atoms with van der Waals surface area (Å²) in [5.41, 5.74) is 0.508. The van der Waals surface area contributed by atoms with E-state index in [-0.39, 0.29) is 0 Å². The molecule has 4 heteroatoms. The van der Waals surface area contributed by atoms with Crippen LogP contribution >= 0.6 is 31.9 Å². The Morgan fingerprint density at radius 3 is 2.29 bits per heavy atom. The number of halogens is 2. The molecule has 0 amide bonds. The van der Waals surface area contributed by atoms with Crippen LogP contribution in [0.25, 0.3) is 10.8 Å². The number of benzene rings is 3. The summed E-state index contributed by atoms with van der Waals surface area (Å²) in [4.78, 5) is 0. The molecule has 0 unspecified atom stereocenters. The largest absolute Gasteiger partial charge is 0.456 e. The number of hydrogen-bond donors (Lipinski definition) is 0. The van der Waals surface area contributed by atoms with E-state index in [9.17, 15) is 0 Å². The second kappa shape index (κ2) is 5.88. The molecule has 0 N–H and O–H groups in total. The fourth-order valence-corrected chi connectivity index (χ4v) is 2.78. The third kappa shape index (κ3) is 3.10. The zero-order chi connectivity index (χ0) is 14.8. The van der Waals surface area contributed by atoms with Crippen molar-refractivity contribution >= 4 is 42.6 Å². The highest BCUT2D eigenvalue weighted by Crippen LogP contribution is 2.30. The van der Waals surface area contributed by atoms with E-state index in [1.807, 2.05) is 36.4 Å². The van der Waals surface area contributed by atoms with Crippen molar-refractivity contribution < 1.29 is 4.74 Å². The highest BCUT2D eigenvalue weighted by Gasteiger charge is 2.06. The molecule has 21 heavy (non-hydrogen) atoms. The Morgan fingerprint density at radius 2 is 1.48 bits per heavy atom. The average molecular weight is 403 g/mol. The summed E-state index contributed by atoms with van der Waals surface area (Å²) in [6.45, 7) is 0. The number of hydrogen-bond acceptors (Lipinski definition) is 2. The Kier molecular flexibility index (Phi) is 3.96. The molecule has 0 spiro atoms. The standard InChI is InChI=1S/C17H9Br2NO/c18-14-4-1-12-8-16(6-3-11(12)7-14)21-17-9-15(19)5-2-13(17)10-20/h1-9H. The van der Waals surface area contributed by atoms with E-state index in [4.69, 9.17) is 10.00 Å². The first-order valence-electron chi connectivity index (χ1n) is 6.22. The maximum Gasteiger partial charge on any atom is 0.146 e. The topological polar surface area (TPSA) is 33.0 Å². The van der Waals surface area contributed by atoms with Gasteiger partial charge >= 0.3 is 0 Å². The summed E-state index contributed by atoms with van der Waals surface area (Å²) in [5.74, 6) is 1.25. The maximum absolute atomic E-state index is 9.14. The van der Waals surface area contributed by atoms with E-state index in [1.165, 1.54) is 0 Å². The number of nitriles is 1. The van der Waals surface area contributed by atoms with Gasteiger partial charge in [0, 0.05) is 8.95 Å². The molecular formula is C17H9Br2NO. The van der Waals surface area contributed by atoms with Crippen molar-refractivity contribution in [2.75, 3.05) is 0 Å². The predicted molar refractivity (Wildman–Crippen MR) is 90.6 cm³/mol. The third-order valence-corrected chi connectivity index (χ3v) is 4.05. The number of fused-ring (bicyclic) bond motifs is 1. The normalized spacial score (nSPS) is 10.3. The molecule has 0 aliphatic rings. The lowest BCUT2D eigenvalue weighted by atomic mass is 10.1. The zero-order valence-electron chi connectivity index (χ0n) is 10.8.